The second-order valence-corrected chi connectivity index (χ2v) is 13.6. The number of thiazole rings is 1. The summed E-state index contributed by atoms with van der Waals surface area (Å²) >= 11 is 2.78. The van der Waals surface area contributed by atoms with Crippen LogP contribution in [-0.2, 0) is 9.59 Å². The smallest absolute Gasteiger partial charge is 0.272 e. The number of aryl methyl sites for hydroxylation is 2. The molecule has 1 heterocycles. The molecule has 0 saturated heterocycles. The fraction of sp³-hybridized carbons (Fsp3) is 0.158. The third-order valence-corrected chi connectivity index (χ3v) is 9.37. The predicted molar refractivity (Wildman–Crippen MR) is 197 cm³/mol. The van der Waals surface area contributed by atoms with Gasteiger partial charge in [0.15, 0.2) is 5.13 Å². The number of methoxy groups -OCH3 is 2. The summed E-state index contributed by atoms with van der Waals surface area (Å²) in [5, 5.41) is 8.65. The number of carbonyl (C=O) groups is 3. The summed E-state index contributed by atoms with van der Waals surface area (Å²) < 4.78 is 10.8. The van der Waals surface area contributed by atoms with Gasteiger partial charge in [0.1, 0.15) is 17.2 Å². The number of aromatic nitrogens is 1. The second-order valence-electron chi connectivity index (χ2n) is 11.0. The lowest BCUT2D eigenvalue weighted by Crippen LogP contribution is -2.30. The zero-order valence-electron chi connectivity index (χ0n) is 27.7. The molecule has 0 radical (unpaired) electrons. The molecule has 0 bridgehead atoms. The first-order valence-corrected chi connectivity index (χ1v) is 17.1. The van der Waals surface area contributed by atoms with Crippen molar-refractivity contribution < 1.29 is 23.9 Å². The Morgan fingerprint density at radius 1 is 0.857 bits per heavy atom. The predicted octanol–water partition coefficient (Wildman–Crippen LogP) is 7.97. The van der Waals surface area contributed by atoms with Gasteiger partial charge in [0.2, 0.25) is 5.91 Å². The number of benzene rings is 4. The normalized spacial score (nSPS) is 11.7. The summed E-state index contributed by atoms with van der Waals surface area (Å²) in [6.07, 6.45) is 1.53. The molecule has 5 aromatic rings. The molecule has 9 nitrogen and oxygen atoms in total. The van der Waals surface area contributed by atoms with Gasteiger partial charge in [0.25, 0.3) is 11.8 Å². The van der Waals surface area contributed by atoms with Gasteiger partial charge in [0, 0.05) is 32.2 Å². The molecule has 0 aliphatic rings. The Morgan fingerprint density at radius 2 is 1.61 bits per heavy atom. The van der Waals surface area contributed by atoms with Crippen LogP contribution in [0, 0.1) is 13.8 Å². The van der Waals surface area contributed by atoms with Crippen LogP contribution in [0.2, 0.25) is 0 Å². The van der Waals surface area contributed by atoms with Crippen LogP contribution < -0.4 is 25.4 Å². The van der Waals surface area contributed by atoms with Crippen LogP contribution in [0.1, 0.15) is 33.3 Å². The molecule has 3 amide bonds. The van der Waals surface area contributed by atoms with Crippen molar-refractivity contribution in [2.24, 2.45) is 0 Å². The fourth-order valence-corrected chi connectivity index (χ4v) is 6.55. The van der Waals surface area contributed by atoms with Gasteiger partial charge in [-0.3, -0.25) is 14.4 Å². The number of carbonyl (C=O) groups excluding carboxylic acids is 3. The van der Waals surface area contributed by atoms with Gasteiger partial charge in [-0.25, -0.2) is 4.98 Å². The van der Waals surface area contributed by atoms with E-state index in [4.69, 9.17) is 9.47 Å². The SMILES string of the molecule is COc1ccc(OC)c(/C=C(/NC(=O)c2ccccc2)C(=O)Nc2cccc(SC(C)C(=O)Nc3nc(-c4ccc(C)cc4)c(C)s3)c2)c1. The summed E-state index contributed by atoms with van der Waals surface area (Å²) in [7, 11) is 3.06. The molecule has 1 aromatic heterocycles. The highest BCUT2D eigenvalue weighted by atomic mass is 32.2. The van der Waals surface area contributed by atoms with Crippen LogP contribution in [0.4, 0.5) is 10.8 Å². The third kappa shape index (κ3) is 9.16. The molecule has 0 aliphatic heterocycles. The zero-order chi connectivity index (χ0) is 34.9. The zero-order valence-corrected chi connectivity index (χ0v) is 29.3. The first-order chi connectivity index (χ1) is 23.6. The van der Waals surface area contributed by atoms with E-state index in [0.29, 0.717) is 33.4 Å². The standard InChI is InChI=1S/C38H36N4O5S2/c1-23-14-16-26(17-15-23)34-24(2)49-38(41-34)42-35(43)25(3)48-31-13-9-12-29(22-31)39-37(45)32(40-36(44)27-10-7-6-8-11-27)21-28-20-30(46-4)18-19-33(28)47-5/h6-22,25H,1-5H3,(H,39,45)(H,40,44)(H,41,42,43)/b32-21+. The van der Waals surface area contributed by atoms with E-state index in [2.05, 4.69) is 20.9 Å². The van der Waals surface area contributed by atoms with Gasteiger partial charge in [0.05, 0.1) is 25.2 Å². The summed E-state index contributed by atoms with van der Waals surface area (Å²) in [5.41, 5.74) is 4.42. The van der Waals surface area contributed by atoms with Crippen molar-refractivity contribution in [3.63, 3.8) is 0 Å². The highest BCUT2D eigenvalue weighted by Gasteiger charge is 2.20. The molecule has 0 aliphatic carbocycles. The molecule has 1 atom stereocenters. The van der Waals surface area contributed by atoms with Crippen LogP contribution in [0.5, 0.6) is 11.5 Å². The first kappa shape index (κ1) is 34.9. The van der Waals surface area contributed by atoms with Gasteiger partial charge in [-0.15, -0.1) is 23.1 Å². The number of rotatable bonds is 12. The van der Waals surface area contributed by atoms with Gasteiger partial charge >= 0.3 is 0 Å². The Morgan fingerprint density at radius 3 is 2.33 bits per heavy atom. The van der Waals surface area contributed by atoms with E-state index in [9.17, 15) is 14.4 Å². The van der Waals surface area contributed by atoms with E-state index in [1.807, 2.05) is 51.1 Å². The minimum absolute atomic E-state index is 0.00467. The maximum Gasteiger partial charge on any atom is 0.272 e. The number of nitrogens with one attached hydrogen (secondary N) is 3. The van der Waals surface area contributed by atoms with Crippen LogP contribution in [-0.4, -0.2) is 42.2 Å². The maximum atomic E-state index is 13.7. The average molecular weight is 693 g/mol. The monoisotopic (exact) mass is 692 g/mol. The third-order valence-electron chi connectivity index (χ3n) is 7.39. The minimum atomic E-state index is -0.550. The minimum Gasteiger partial charge on any atom is -0.497 e. The van der Waals surface area contributed by atoms with Gasteiger partial charge < -0.3 is 25.4 Å². The van der Waals surface area contributed by atoms with Crippen LogP contribution in [0.3, 0.4) is 0 Å². The van der Waals surface area contributed by atoms with E-state index in [-0.39, 0.29) is 11.6 Å². The molecule has 1 unspecified atom stereocenters. The molecular formula is C38H36N4O5S2. The van der Waals surface area contributed by atoms with Gasteiger partial charge in [-0.05, 0) is 75.4 Å². The molecular weight excluding hydrogens is 657 g/mol. The Kier molecular flexibility index (Phi) is 11.5. The van der Waals surface area contributed by atoms with Crippen molar-refractivity contribution in [1.29, 1.82) is 0 Å². The second kappa shape index (κ2) is 16.1. The van der Waals surface area contributed by atoms with E-state index >= 15 is 0 Å². The number of amides is 3. The topological polar surface area (TPSA) is 119 Å². The van der Waals surface area contributed by atoms with Crippen LogP contribution in [0.15, 0.2) is 108 Å². The molecule has 5 rings (SSSR count). The number of hydrogen-bond acceptors (Lipinski definition) is 8. The van der Waals surface area contributed by atoms with Crippen LogP contribution in [0.25, 0.3) is 17.3 Å². The Bertz CT molecular complexity index is 1990. The maximum absolute atomic E-state index is 13.7. The summed E-state index contributed by atoms with van der Waals surface area (Å²) in [6, 6.07) is 29.1. The number of anilines is 2. The van der Waals surface area contributed by atoms with Crippen molar-refractivity contribution in [3.8, 4) is 22.8 Å². The number of hydrogen-bond donors (Lipinski definition) is 3. The Labute approximate surface area is 293 Å². The number of ether oxygens (including phenoxy) is 2. The van der Waals surface area contributed by atoms with E-state index in [1.54, 1.807) is 66.7 Å². The van der Waals surface area contributed by atoms with Crippen molar-refractivity contribution >= 4 is 57.7 Å². The number of thioether (sulfide) groups is 1. The van der Waals surface area contributed by atoms with Crippen LogP contribution >= 0.6 is 23.1 Å². The molecule has 11 heteroatoms. The quantitative estimate of drug-likeness (QED) is 0.0897. The lowest BCUT2D eigenvalue weighted by molar-refractivity contribution is -0.115. The summed E-state index contributed by atoms with van der Waals surface area (Å²) in [4.78, 5) is 46.4. The average Bonchev–Trinajstić information content (AvgIpc) is 3.47. The first-order valence-electron chi connectivity index (χ1n) is 15.4. The molecule has 250 valence electrons. The molecule has 0 spiro atoms. The molecule has 0 fully saturated rings. The summed E-state index contributed by atoms with van der Waals surface area (Å²) in [6.45, 7) is 5.84. The lowest BCUT2D eigenvalue weighted by Gasteiger charge is -2.14. The van der Waals surface area contributed by atoms with E-state index < -0.39 is 17.1 Å². The van der Waals surface area contributed by atoms with Gasteiger partial charge in [-0.2, -0.15) is 0 Å². The van der Waals surface area contributed by atoms with E-state index in [1.165, 1.54) is 49.0 Å². The largest absolute Gasteiger partial charge is 0.497 e. The van der Waals surface area contributed by atoms with Crippen molar-refractivity contribution in [1.82, 2.24) is 10.3 Å². The fourth-order valence-electron chi connectivity index (χ4n) is 4.79. The van der Waals surface area contributed by atoms with Gasteiger partial charge in [-0.1, -0.05) is 54.1 Å². The lowest BCUT2D eigenvalue weighted by atomic mass is 10.1. The molecule has 4 aromatic carbocycles. The molecule has 3 N–H and O–H groups in total. The Balaban J connectivity index is 1.30. The molecule has 0 saturated carbocycles. The number of nitrogens with zero attached hydrogens (tertiary/aromatic N) is 1. The van der Waals surface area contributed by atoms with Crippen molar-refractivity contribution in [2.45, 2.75) is 30.9 Å². The highest BCUT2D eigenvalue weighted by Crippen LogP contribution is 2.32. The summed E-state index contributed by atoms with van der Waals surface area (Å²) in [5.74, 6) is -0.143. The van der Waals surface area contributed by atoms with Crippen molar-refractivity contribution in [3.05, 3.63) is 124 Å². The molecule has 49 heavy (non-hydrogen) atoms. The highest BCUT2D eigenvalue weighted by molar-refractivity contribution is 8.00. The Hall–Kier alpha value is -5.39. The van der Waals surface area contributed by atoms with E-state index in [0.717, 1.165) is 21.0 Å². The van der Waals surface area contributed by atoms with Crippen molar-refractivity contribution in [2.75, 3.05) is 24.9 Å².